The number of benzene rings is 2. The van der Waals surface area contributed by atoms with E-state index in [1.807, 2.05) is 36.5 Å². The highest BCUT2D eigenvalue weighted by Gasteiger charge is 2.35. The summed E-state index contributed by atoms with van der Waals surface area (Å²) in [6, 6.07) is 15.1. The first-order valence-electron chi connectivity index (χ1n) is 13.9. The Labute approximate surface area is 280 Å². The molecule has 3 heterocycles. The maximum atomic E-state index is 13.8. The molecular weight excluding hydrogens is 657 g/mol. The zero-order chi connectivity index (χ0) is 29.1. The molecule has 0 saturated carbocycles. The predicted octanol–water partition coefficient (Wildman–Crippen LogP) is 6.51. The monoisotopic (exact) mass is 693 g/mol. The number of fused-ring (bicyclic) bond motifs is 1. The van der Waals surface area contributed by atoms with Gasteiger partial charge in [-0.15, -0.1) is 37.2 Å². The lowest BCUT2D eigenvalue weighted by Crippen LogP contribution is -2.57. The minimum Gasteiger partial charge on any atom is -0.378 e. The molecule has 0 bridgehead atoms. The van der Waals surface area contributed by atoms with E-state index in [4.69, 9.17) is 11.6 Å². The Balaban J connectivity index is 0.00000225. The van der Waals surface area contributed by atoms with Crippen molar-refractivity contribution in [2.75, 3.05) is 58.3 Å². The second kappa shape index (κ2) is 16.3. The maximum absolute atomic E-state index is 13.8. The minimum absolute atomic E-state index is 0. The molecule has 6 nitrogen and oxygen atoms in total. The van der Waals surface area contributed by atoms with E-state index < -0.39 is 11.7 Å². The number of rotatable bonds is 7. The highest BCUT2D eigenvalue weighted by molar-refractivity contribution is 6.30. The van der Waals surface area contributed by atoms with Crippen molar-refractivity contribution < 1.29 is 18.0 Å². The molecule has 242 valence electrons. The molecule has 1 fully saturated rings. The number of hydrogen-bond donors (Lipinski definition) is 0. The number of anilines is 1. The number of pyridine rings is 1. The summed E-state index contributed by atoms with van der Waals surface area (Å²) in [5.41, 5.74) is 3.04. The van der Waals surface area contributed by atoms with Gasteiger partial charge in [-0.3, -0.25) is 19.6 Å². The van der Waals surface area contributed by atoms with E-state index in [9.17, 15) is 18.0 Å². The second-order valence-electron chi connectivity index (χ2n) is 11.1. The van der Waals surface area contributed by atoms with Gasteiger partial charge in [0.05, 0.1) is 5.56 Å². The summed E-state index contributed by atoms with van der Waals surface area (Å²) < 4.78 is 41.2. The summed E-state index contributed by atoms with van der Waals surface area (Å²) in [7, 11) is 3.34. The summed E-state index contributed by atoms with van der Waals surface area (Å²) in [5.74, 6) is -0.377. The van der Waals surface area contributed by atoms with Crippen LogP contribution in [0.15, 0.2) is 60.8 Å². The molecule has 3 aromatic rings. The molecule has 13 heteroatoms. The van der Waals surface area contributed by atoms with Crippen LogP contribution in [-0.4, -0.2) is 85.0 Å². The molecule has 2 aliphatic heterocycles. The van der Waals surface area contributed by atoms with E-state index in [0.29, 0.717) is 36.8 Å². The van der Waals surface area contributed by atoms with Crippen molar-refractivity contribution in [3.05, 3.63) is 93.8 Å². The van der Waals surface area contributed by atoms with Gasteiger partial charge < -0.3 is 9.80 Å². The maximum Gasteiger partial charge on any atom is 0.416 e. The van der Waals surface area contributed by atoms with Gasteiger partial charge in [0.2, 0.25) is 0 Å². The van der Waals surface area contributed by atoms with Crippen LogP contribution in [0.5, 0.6) is 0 Å². The number of carbonyl (C=O) groups is 1. The minimum atomic E-state index is -4.55. The first kappa shape index (κ1) is 37.9. The van der Waals surface area contributed by atoms with Gasteiger partial charge in [0.25, 0.3) is 5.91 Å². The lowest BCUT2D eigenvalue weighted by atomic mass is 9.99. The van der Waals surface area contributed by atoms with Crippen molar-refractivity contribution in [2.24, 2.45) is 0 Å². The fourth-order valence-electron chi connectivity index (χ4n) is 5.68. The third-order valence-electron chi connectivity index (χ3n) is 8.00. The quantitative estimate of drug-likeness (QED) is 0.282. The van der Waals surface area contributed by atoms with E-state index in [-0.39, 0.29) is 54.7 Å². The lowest BCUT2D eigenvalue weighted by Gasteiger charge is -2.42. The van der Waals surface area contributed by atoms with Gasteiger partial charge in [0.1, 0.15) is 0 Å². The van der Waals surface area contributed by atoms with Crippen molar-refractivity contribution in [1.82, 2.24) is 19.7 Å². The van der Waals surface area contributed by atoms with Crippen LogP contribution in [0.4, 0.5) is 18.9 Å². The zero-order valence-electron chi connectivity index (χ0n) is 24.6. The Hall–Kier alpha value is -2.27. The number of carbonyl (C=O) groups excluding carboxylic acids is 1. The molecule has 1 aromatic heterocycles. The average Bonchev–Trinajstić information content (AvgIpc) is 2.96. The van der Waals surface area contributed by atoms with Gasteiger partial charge in [0.15, 0.2) is 0 Å². The molecule has 0 N–H and O–H groups in total. The lowest BCUT2D eigenvalue weighted by molar-refractivity contribution is -0.137. The Kier molecular flexibility index (Phi) is 14.1. The summed E-state index contributed by atoms with van der Waals surface area (Å²) in [5, 5.41) is 0.630. The Morgan fingerprint density at radius 3 is 2.36 bits per heavy atom. The first-order valence-corrected chi connectivity index (χ1v) is 14.3. The van der Waals surface area contributed by atoms with Gasteiger partial charge in [-0.25, -0.2) is 0 Å². The number of nitrogens with zero attached hydrogens (tertiary/aromatic N) is 5. The van der Waals surface area contributed by atoms with E-state index in [2.05, 4.69) is 20.9 Å². The normalized spacial score (nSPS) is 17.0. The molecule has 0 radical (unpaired) electrons. The average molecular weight is 695 g/mol. The van der Waals surface area contributed by atoms with E-state index in [1.54, 1.807) is 30.0 Å². The van der Waals surface area contributed by atoms with Crippen molar-refractivity contribution in [3.8, 4) is 0 Å². The van der Waals surface area contributed by atoms with Crippen LogP contribution in [0.2, 0.25) is 5.02 Å². The largest absolute Gasteiger partial charge is 0.416 e. The van der Waals surface area contributed by atoms with Crippen LogP contribution >= 0.6 is 48.8 Å². The van der Waals surface area contributed by atoms with Crippen molar-refractivity contribution >= 4 is 60.4 Å². The smallest absolute Gasteiger partial charge is 0.378 e. The third-order valence-corrected chi connectivity index (χ3v) is 8.25. The first-order chi connectivity index (χ1) is 19.6. The molecule has 44 heavy (non-hydrogen) atoms. The van der Waals surface area contributed by atoms with Gasteiger partial charge in [-0.1, -0.05) is 29.8 Å². The Bertz CT molecular complexity index is 1380. The second-order valence-corrected chi connectivity index (χ2v) is 11.5. The SMILES string of the molecule is CN(C)c1cc(C(=O)N2CCN(CCN3CCc4ncccc4C3)C[C@H]2Cc2ccc(Cl)cc2)cc(C(F)(F)F)c1.Cl.Cl.Cl. The van der Waals surface area contributed by atoms with Crippen LogP contribution < -0.4 is 4.90 Å². The Morgan fingerprint density at radius 2 is 1.68 bits per heavy atom. The van der Waals surface area contributed by atoms with E-state index >= 15 is 0 Å². The van der Waals surface area contributed by atoms with Crippen LogP contribution in [0.1, 0.15) is 32.7 Å². The van der Waals surface area contributed by atoms with Crippen molar-refractivity contribution in [1.29, 1.82) is 0 Å². The van der Waals surface area contributed by atoms with Crippen molar-refractivity contribution in [3.63, 3.8) is 0 Å². The van der Waals surface area contributed by atoms with Crippen molar-refractivity contribution in [2.45, 2.75) is 31.6 Å². The van der Waals surface area contributed by atoms with Gasteiger partial charge in [0, 0.05) is 101 Å². The molecule has 1 saturated heterocycles. The number of hydrogen-bond acceptors (Lipinski definition) is 5. The Morgan fingerprint density at radius 1 is 0.977 bits per heavy atom. The fourth-order valence-corrected chi connectivity index (χ4v) is 5.80. The van der Waals surface area contributed by atoms with E-state index in [0.717, 1.165) is 50.3 Å². The highest BCUT2D eigenvalue weighted by Crippen LogP contribution is 2.33. The van der Waals surface area contributed by atoms with Gasteiger partial charge in [-0.2, -0.15) is 13.2 Å². The van der Waals surface area contributed by atoms with Gasteiger partial charge in [-0.05, 0) is 53.9 Å². The molecule has 0 aliphatic carbocycles. The van der Waals surface area contributed by atoms with Crippen LogP contribution in [0.25, 0.3) is 0 Å². The van der Waals surface area contributed by atoms with Gasteiger partial charge >= 0.3 is 6.18 Å². The summed E-state index contributed by atoms with van der Waals surface area (Å²) in [6.07, 6.45) is -1.19. The zero-order valence-corrected chi connectivity index (χ0v) is 27.8. The molecule has 2 aromatic carbocycles. The molecule has 1 atom stereocenters. The summed E-state index contributed by atoms with van der Waals surface area (Å²) >= 11 is 6.10. The number of piperazine rings is 1. The topological polar surface area (TPSA) is 42.9 Å². The summed E-state index contributed by atoms with van der Waals surface area (Å²) in [6.45, 7) is 5.32. The standard InChI is InChI=1S/C31H35ClF3N5O.3ClH/c1-37(2)27-18-24(17-25(19-27)31(33,34)35)30(41)40-15-14-39(21-28(40)16-22-5-7-26(32)8-6-22)13-12-38-11-9-29-23(20-38)4-3-10-36-29;;;/h3-8,10,17-19,28H,9,11-16,20-21H2,1-2H3;3*1H/t28-;;;/m1.../s1. The summed E-state index contributed by atoms with van der Waals surface area (Å²) in [4.78, 5) is 26.5. The highest BCUT2D eigenvalue weighted by atomic mass is 35.5. The van der Waals surface area contributed by atoms with E-state index in [1.165, 1.54) is 11.3 Å². The molecule has 2 aliphatic rings. The molecular formula is C31H38Cl4F3N5O. The third kappa shape index (κ3) is 9.37. The fraction of sp³-hybridized carbons (Fsp3) is 0.419. The molecule has 0 spiro atoms. The number of halogens is 7. The molecule has 0 unspecified atom stereocenters. The molecule has 1 amide bonds. The number of amides is 1. The number of aromatic nitrogens is 1. The van der Waals surface area contributed by atoms with Crippen LogP contribution in [0, 0.1) is 0 Å². The predicted molar refractivity (Wildman–Crippen MR) is 177 cm³/mol. The van der Waals surface area contributed by atoms with Crippen LogP contribution in [-0.2, 0) is 25.6 Å². The number of alkyl halides is 3. The molecule has 5 rings (SSSR count). The van der Waals surface area contributed by atoms with Crippen LogP contribution in [0.3, 0.4) is 0 Å².